The van der Waals surface area contributed by atoms with Crippen molar-refractivity contribution in [3.8, 4) is 0 Å². The molecule has 0 spiro atoms. The fourth-order valence-corrected chi connectivity index (χ4v) is 5.06. The minimum atomic E-state index is -3.97. The Hall–Kier alpha value is -1.99. The van der Waals surface area contributed by atoms with Crippen LogP contribution >= 0.6 is 19.5 Å². The molecule has 188 valence electrons. The fraction of sp³-hybridized carbons (Fsp3) is 0.722. The minimum absolute atomic E-state index is 0.0218. The summed E-state index contributed by atoms with van der Waals surface area (Å²) in [7, 11) is -1.69. The summed E-state index contributed by atoms with van der Waals surface area (Å²) in [6.07, 6.45) is -1.22. The molecule has 0 bridgehead atoms. The summed E-state index contributed by atoms with van der Waals surface area (Å²) in [5.41, 5.74) is -0.833. The SMILES string of the molecule is COC(=O)C(=O)SCCNC(=O)CCNC(=O)[C@@H]1OP(=O)(N[C@@H](C)C(=O)OC)OCC1(C)C. The van der Waals surface area contributed by atoms with E-state index in [9.17, 15) is 28.5 Å². The Labute approximate surface area is 195 Å². The van der Waals surface area contributed by atoms with Crippen molar-refractivity contribution in [1.82, 2.24) is 15.7 Å². The summed E-state index contributed by atoms with van der Waals surface area (Å²) in [6.45, 7) is 4.83. The molecule has 0 radical (unpaired) electrons. The first-order valence-electron chi connectivity index (χ1n) is 9.93. The Balaban J connectivity index is 2.49. The number of carbonyl (C=O) groups is 5. The van der Waals surface area contributed by atoms with E-state index in [2.05, 4.69) is 25.2 Å². The second-order valence-corrected chi connectivity index (χ2v) is 10.4. The van der Waals surface area contributed by atoms with Gasteiger partial charge in [-0.25, -0.2) is 14.4 Å². The number of amides is 2. The Bertz CT molecular complexity index is 806. The van der Waals surface area contributed by atoms with Crippen molar-refractivity contribution in [2.75, 3.05) is 39.7 Å². The normalized spacial score (nSPS) is 22.5. The summed E-state index contributed by atoms with van der Waals surface area (Å²) in [5, 5.41) is 6.77. The number of methoxy groups -OCH3 is 2. The lowest BCUT2D eigenvalue weighted by Gasteiger charge is -2.40. The van der Waals surface area contributed by atoms with E-state index in [1.54, 1.807) is 13.8 Å². The highest BCUT2D eigenvalue weighted by molar-refractivity contribution is 8.15. The minimum Gasteiger partial charge on any atom is -0.468 e. The van der Waals surface area contributed by atoms with Gasteiger partial charge in [-0.1, -0.05) is 25.6 Å². The van der Waals surface area contributed by atoms with Gasteiger partial charge < -0.3 is 20.1 Å². The largest absolute Gasteiger partial charge is 0.468 e. The van der Waals surface area contributed by atoms with Crippen LogP contribution in [0.2, 0.25) is 0 Å². The molecular weight excluding hydrogens is 481 g/mol. The zero-order chi connectivity index (χ0) is 25.2. The number of rotatable bonds is 10. The molecule has 1 rings (SSSR count). The lowest BCUT2D eigenvalue weighted by molar-refractivity contribution is -0.147. The third-order valence-corrected chi connectivity index (χ3v) is 6.86. The maximum absolute atomic E-state index is 12.8. The summed E-state index contributed by atoms with van der Waals surface area (Å²) in [5.74, 6) is -2.44. The number of hydrogen-bond acceptors (Lipinski definition) is 11. The van der Waals surface area contributed by atoms with Crippen LogP contribution in [0.25, 0.3) is 0 Å². The highest BCUT2D eigenvalue weighted by Crippen LogP contribution is 2.53. The smallest absolute Gasteiger partial charge is 0.407 e. The molecule has 0 aromatic rings. The number of nitrogens with one attached hydrogen (secondary N) is 3. The first kappa shape index (κ1) is 29.0. The molecule has 1 aliphatic heterocycles. The highest BCUT2D eigenvalue weighted by Gasteiger charge is 2.48. The first-order valence-corrected chi connectivity index (χ1v) is 12.5. The van der Waals surface area contributed by atoms with E-state index in [0.717, 1.165) is 18.9 Å². The van der Waals surface area contributed by atoms with Crippen LogP contribution in [0.15, 0.2) is 0 Å². The van der Waals surface area contributed by atoms with E-state index in [1.807, 2.05) is 0 Å². The third kappa shape index (κ3) is 9.41. The van der Waals surface area contributed by atoms with Gasteiger partial charge in [-0.2, -0.15) is 0 Å². The molecule has 0 saturated carbocycles. The number of carbonyl (C=O) groups excluding carboxylic acids is 5. The van der Waals surface area contributed by atoms with Gasteiger partial charge >= 0.3 is 19.7 Å². The Morgan fingerprint density at radius 1 is 1.12 bits per heavy atom. The maximum atomic E-state index is 12.8. The van der Waals surface area contributed by atoms with Crippen LogP contribution in [0.4, 0.5) is 0 Å². The van der Waals surface area contributed by atoms with Crippen LogP contribution in [0.1, 0.15) is 27.2 Å². The van der Waals surface area contributed by atoms with Crippen molar-refractivity contribution in [2.24, 2.45) is 5.41 Å². The van der Waals surface area contributed by atoms with Gasteiger partial charge in [0.15, 0.2) is 6.10 Å². The molecule has 1 unspecified atom stereocenters. The molecule has 0 aliphatic carbocycles. The van der Waals surface area contributed by atoms with Crippen molar-refractivity contribution in [3.05, 3.63) is 0 Å². The lowest BCUT2D eigenvalue weighted by Crippen LogP contribution is -2.51. The van der Waals surface area contributed by atoms with E-state index in [1.165, 1.54) is 14.0 Å². The van der Waals surface area contributed by atoms with Gasteiger partial charge in [0.1, 0.15) is 6.04 Å². The quantitative estimate of drug-likeness (QED) is 0.152. The Morgan fingerprint density at radius 2 is 1.79 bits per heavy atom. The number of thioether (sulfide) groups is 1. The summed E-state index contributed by atoms with van der Waals surface area (Å²) >= 11 is 0.718. The average molecular weight is 511 g/mol. The van der Waals surface area contributed by atoms with Gasteiger partial charge in [-0.3, -0.25) is 28.2 Å². The van der Waals surface area contributed by atoms with Gasteiger partial charge in [0, 0.05) is 30.7 Å². The number of hydrogen-bond donors (Lipinski definition) is 3. The molecule has 13 nitrogen and oxygen atoms in total. The van der Waals surface area contributed by atoms with E-state index < -0.39 is 48.3 Å². The van der Waals surface area contributed by atoms with Crippen LogP contribution in [0, 0.1) is 5.41 Å². The topological polar surface area (TPSA) is 175 Å². The second-order valence-electron chi connectivity index (χ2n) is 7.64. The van der Waals surface area contributed by atoms with E-state index in [0.29, 0.717) is 0 Å². The monoisotopic (exact) mass is 511 g/mol. The van der Waals surface area contributed by atoms with E-state index in [-0.39, 0.29) is 37.8 Å². The van der Waals surface area contributed by atoms with Gasteiger partial charge in [0.05, 0.1) is 20.8 Å². The summed E-state index contributed by atoms with van der Waals surface area (Å²) in [4.78, 5) is 58.4. The van der Waals surface area contributed by atoms with Gasteiger partial charge in [-0.15, -0.1) is 0 Å². The molecule has 3 N–H and O–H groups in total. The number of esters is 2. The van der Waals surface area contributed by atoms with Crippen molar-refractivity contribution in [2.45, 2.75) is 39.3 Å². The van der Waals surface area contributed by atoms with Crippen molar-refractivity contribution in [3.63, 3.8) is 0 Å². The summed E-state index contributed by atoms with van der Waals surface area (Å²) in [6, 6.07) is -0.990. The molecule has 15 heteroatoms. The van der Waals surface area contributed by atoms with Crippen molar-refractivity contribution < 1.29 is 47.1 Å². The molecule has 0 aromatic heterocycles. The van der Waals surface area contributed by atoms with Crippen LogP contribution in [0.5, 0.6) is 0 Å². The molecule has 1 heterocycles. The zero-order valence-corrected chi connectivity index (χ0v) is 20.8. The van der Waals surface area contributed by atoms with Gasteiger partial charge in [-0.05, 0) is 6.92 Å². The molecule has 0 aromatic carbocycles. The standard InChI is InChI=1S/C18H30N3O10PS/c1-11(15(24)28-4)21-32(27)30-10-18(2,3)13(31-32)14(23)20-7-6-12(22)19-8-9-33-17(26)16(25)29-5/h11,13H,6-10H2,1-5H3,(H,19,22)(H,20,23)(H,21,27)/t11-,13-,32?/m0/s1. The molecule has 33 heavy (non-hydrogen) atoms. The second kappa shape index (κ2) is 13.0. The molecule has 1 aliphatic rings. The van der Waals surface area contributed by atoms with E-state index >= 15 is 0 Å². The predicted octanol–water partition coefficient (Wildman–Crippen LogP) is -0.257. The molecule has 1 fully saturated rings. The molecule has 3 atom stereocenters. The zero-order valence-electron chi connectivity index (χ0n) is 19.1. The third-order valence-electron chi connectivity index (χ3n) is 4.37. The highest BCUT2D eigenvalue weighted by atomic mass is 32.2. The van der Waals surface area contributed by atoms with Crippen LogP contribution < -0.4 is 15.7 Å². The van der Waals surface area contributed by atoms with Gasteiger partial charge in [0.2, 0.25) is 11.8 Å². The lowest BCUT2D eigenvalue weighted by atomic mass is 9.87. The van der Waals surface area contributed by atoms with Crippen LogP contribution in [-0.4, -0.2) is 80.7 Å². The predicted molar refractivity (Wildman–Crippen MR) is 117 cm³/mol. The van der Waals surface area contributed by atoms with Crippen molar-refractivity contribution in [1.29, 1.82) is 0 Å². The maximum Gasteiger partial charge on any atom is 0.407 e. The fourth-order valence-electron chi connectivity index (χ4n) is 2.53. The van der Waals surface area contributed by atoms with E-state index in [4.69, 9.17) is 9.05 Å². The Kier molecular flexibility index (Phi) is 11.5. The average Bonchev–Trinajstić information content (AvgIpc) is 2.77. The summed E-state index contributed by atoms with van der Waals surface area (Å²) < 4.78 is 32.4. The van der Waals surface area contributed by atoms with Crippen molar-refractivity contribution >= 4 is 48.4 Å². The van der Waals surface area contributed by atoms with Crippen LogP contribution in [-0.2, 0) is 47.1 Å². The molecular formula is C18H30N3O10PS. The van der Waals surface area contributed by atoms with Crippen LogP contribution in [0.3, 0.4) is 0 Å². The number of ether oxygens (including phenoxy) is 2. The first-order chi connectivity index (χ1) is 15.3. The molecule has 2 amide bonds. The Morgan fingerprint density at radius 3 is 2.39 bits per heavy atom. The molecule has 1 saturated heterocycles. The van der Waals surface area contributed by atoms with Gasteiger partial charge in [0.25, 0.3) is 5.12 Å².